The van der Waals surface area contributed by atoms with Crippen molar-refractivity contribution in [1.29, 1.82) is 0 Å². The largest absolute Gasteiger partial charge is 0.493 e. The average Bonchev–Trinajstić information content (AvgIpc) is 3.35. The summed E-state index contributed by atoms with van der Waals surface area (Å²) in [5.74, 6) is 2.02. The zero-order valence-electron chi connectivity index (χ0n) is 18.2. The summed E-state index contributed by atoms with van der Waals surface area (Å²) in [5, 5.41) is 1.06. The number of hydrogen-bond acceptors (Lipinski definition) is 6. The number of aromatic nitrogens is 3. The molecule has 2 aromatic carbocycles. The second kappa shape index (κ2) is 7.56. The van der Waals surface area contributed by atoms with Crippen LogP contribution in [-0.2, 0) is 18.3 Å². The van der Waals surface area contributed by atoms with E-state index < -0.39 is 0 Å². The minimum atomic E-state index is -0.0580. The lowest BCUT2D eigenvalue weighted by atomic mass is 10.1. The number of nitrogens with zero attached hydrogens (tertiary/aromatic N) is 4. The number of fused-ring (bicyclic) bond motifs is 2. The van der Waals surface area contributed by atoms with Crippen LogP contribution in [-0.4, -0.2) is 41.8 Å². The number of benzene rings is 2. The number of carbonyl (C=O) groups excluding carboxylic acids is 1. The molecule has 0 radical (unpaired) electrons. The molecule has 0 spiro atoms. The highest BCUT2D eigenvalue weighted by atomic mass is 16.5. The van der Waals surface area contributed by atoms with E-state index in [-0.39, 0.29) is 12.3 Å². The lowest BCUT2D eigenvalue weighted by Crippen LogP contribution is -2.21. The van der Waals surface area contributed by atoms with E-state index in [1.54, 1.807) is 32.4 Å². The van der Waals surface area contributed by atoms with E-state index in [9.17, 15) is 4.79 Å². The van der Waals surface area contributed by atoms with Gasteiger partial charge in [0.25, 0.3) is 0 Å². The maximum atomic E-state index is 12.9. The molecule has 8 nitrogen and oxygen atoms in total. The minimum absolute atomic E-state index is 0.0580. The molecule has 8 heteroatoms. The maximum Gasteiger partial charge on any atom is 0.238 e. The summed E-state index contributed by atoms with van der Waals surface area (Å²) in [6, 6.07) is 11.6. The number of ether oxygens (including phenoxy) is 3. The van der Waals surface area contributed by atoms with Crippen molar-refractivity contribution in [2.45, 2.75) is 6.42 Å². The van der Waals surface area contributed by atoms with Crippen molar-refractivity contribution in [3.8, 4) is 28.5 Å². The van der Waals surface area contributed by atoms with E-state index in [4.69, 9.17) is 19.2 Å². The standard InChI is InChI=1S/C24H22N4O4/c1-27-8-7-14-9-16(5-6-19(14)27)28-22(29)12-17-24(28)26-18(13-25-17)15-10-20(30-2)23(32-4)21(11-15)31-3/h5-11,13H,12H2,1-4H3. The van der Waals surface area contributed by atoms with Gasteiger partial charge >= 0.3 is 0 Å². The highest BCUT2D eigenvalue weighted by molar-refractivity contribution is 6.07. The van der Waals surface area contributed by atoms with Crippen LogP contribution in [0.3, 0.4) is 0 Å². The lowest BCUT2D eigenvalue weighted by molar-refractivity contribution is -0.116. The van der Waals surface area contributed by atoms with E-state index in [0.717, 1.165) is 22.2 Å². The Hall–Kier alpha value is -4.07. The SMILES string of the molecule is COc1cc(-c2cnc3c(n2)N(c2ccc4c(ccn4C)c2)C(=O)C3)cc(OC)c1OC. The molecule has 4 aromatic rings. The predicted molar refractivity (Wildman–Crippen MR) is 121 cm³/mol. The van der Waals surface area contributed by atoms with Crippen LogP contribution in [0.5, 0.6) is 17.2 Å². The number of methoxy groups -OCH3 is 3. The van der Waals surface area contributed by atoms with E-state index >= 15 is 0 Å². The van der Waals surface area contributed by atoms with Crippen molar-refractivity contribution in [2.75, 3.05) is 26.2 Å². The maximum absolute atomic E-state index is 12.9. The molecule has 0 aliphatic carbocycles. The Kier molecular flexibility index (Phi) is 4.70. The molecule has 1 aliphatic rings. The zero-order valence-corrected chi connectivity index (χ0v) is 18.2. The number of aryl methyl sites for hydroxylation is 1. The predicted octanol–water partition coefficient (Wildman–Crippen LogP) is 3.88. The van der Waals surface area contributed by atoms with Crippen molar-refractivity contribution in [3.63, 3.8) is 0 Å². The van der Waals surface area contributed by atoms with Gasteiger partial charge in [-0.3, -0.25) is 14.7 Å². The van der Waals surface area contributed by atoms with E-state index in [2.05, 4.69) is 4.98 Å². The summed E-state index contributed by atoms with van der Waals surface area (Å²) in [7, 11) is 6.68. The molecule has 162 valence electrons. The van der Waals surface area contributed by atoms with Gasteiger partial charge in [0.1, 0.15) is 0 Å². The van der Waals surface area contributed by atoms with E-state index in [0.29, 0.717) is 34.5 Å². The van der Waals surface area contributed by atoms with Gasteiger partial charge in [-0.1, -0.05) is 0 Å². The van der Waals surface area contributed by atoms with Gasteiger partial charge in [0.2, 0.25) is 11.7 Å². The summed E-state index contributed by atoms with van der Waals surface area (Å²) >= 11 is 0. The first-order valence-electron chi connectivity index (χ1n) is 10.1. The van der Waals surface area contributed by atoms with Gasteiger partial charge in [0.05, 0.1) is 51.0 Å². The van der Waals surface area contributed by atoms with Gasteiger partial charge in [-0.05, 0) is 36.4 Å². The molecule has 0 atom stereocenters. The molecule has 0 fully saturated rings. The fourth-order valence-corrected chi connectivity index (χ4v) is 4.09. The van der Waals surface area contributed by atoms with Crippen molar-refractivity contribution in [1.82, 2.24) is 14.5 Å². The molecule has 1 aliphatic heterocycles. The third-order valence-corrected chi connectivity index (χ3v) is 5.69. The zero-order chi connectivity index (χ0) is 22.4. The second-order valence-corrected chi connectivity index (χ2v) is 7.52. The Morgan fingerprint density at radius 1 is 0.969 bits per heavy atom. The van der Waals surface area contributed by atoms with Crippen LogP contribution >= 0.6 is 0 Å². The Morgan fingerprint density at radius 3 is 2.41 bits per heavy atom. The van der Waals surface area contributed by atoms with Gasteiger partial charge in [-0.25, -0.2) is 4.98 Å². The summed E-state index contributed by atoms with van der Waals surface area (Å²) in [6.07, 6.45) is 3.87. The van der Waals surface area contributed by atoms with E-state index in [1.807, 2.05) is 54.2 Å². The quantitative estimate of drug-likeness (QED) is 0.478. The number of carbonyl (C=O) groups is 1. The molecule has 5 rings (SSSR count). The van der Waals surface area contributed by atoms with Crippen molar-refractivity contribution >= 4 is 28.3 Å². The summed E-state index contributed by atoms with van der Waals surface area (Å²) in [5.41, 5.74) is 3.86. The van der Waals surface area contributed by atoms with Crippen molar-refractivity contribution in [3.05, 3.63) is 54.5 Å². The molecule has 0 saturated heterocycles. The van der Waals surface area contributed by atoms with Gasteiger partial charge in [0, 0.05) is 29.7 Å². The normalized spacial score (nSPS) is 12.9. The number of hydrogen-bond donors (Lipinski definition) is 0. The summed E-state index contributed by atoms with van der Waals surface area (Å²) in [6.45, 7) is 0. The van der Waals surface area contributed by atoms with Crippen LogP contribution in [0.25, 0.3) is 22.2 Å². The smallest absolute Gasteiger partial charge is 0.238 e. The molecule has 2 aromatic heterocycles. The first-order valence-corrected chi connectivity index (χ1v) is 10.1. The highest BCUT2D eigenvalue weighted by Gasteiger charge is 2.32. The van der Waals surface area contributed by atoms with Gasteiger partial charge < -0.3 is 18.8 Å². The molecular weight excluding hydrogens is 408 g/mol. The monoisotopic (exact) mass is 430 g/mol. The van der Waals surface area contributed by atoms with Crippen LogP contribution in [0.1, 0.15) is 5.69 Å². The van der Waals surface area contributed by atoms with Crippen molar-refractivity contribution in [2.24, 2.45) is 7.05 Å². The summed E-state index contributed by atoms with van der Waals surface area (Å²) < 4.78 is 18.4. The highest BCUT2D eigenvalue weighted by Crippen LogP contribution is 2.42. The summed E-state index contributed by atoms with van der Waals surface area (Å²) in [4.78, 5) is 23.9. The van der Waals surface area contributed by atoms with Crippen LogP contribution in [0, 0.1) is 0 Å². The second-order valence-electron chi connectivity index (χ2n) is 7.52. The Labute approximate surface area is 185 Å². The van der Waals surface area contributed by atoms with Crippen LogP contribution in [0.4, 0.5) is 11.5 Å². The topological polar surface area (TPSA) is 78.7 Å². The molecule has 1 amide bonds. The van der Waals surface area contributed by atoms with Crippen molar-refractivity contribution < 1.29 is 19.0 Å². The van der Waals surface area contributed by atoms with Crippen LogP contribution in [0.15, 0.2) is 48.8 Å². The molecule has 3 heterocycles. The average molecular weight is 430 g/mol. The molecular formula is C24H22N4O4. The minimum Gasteiger partial charge on any atom is -0.493 e. The first kappa shape index (κ1) is 19.9. The molecule has 0 saturated carbocycles. The van der Waals surface area contributed by atoms with Gasteiger partial charge in [-0.15, -0.1) is 0 Å². The van der Waals surface area contributed by atoms with Crippen LogP contribution < -0.4 is 19.1 Å². The Balaban J connectivity index is 1.61. The number of anilines is 2. The van der Waals surface area contributed by atoms with Crippen LogP contribution in [0.2, 0.25) is 0 Å². The molecule has 0 bridgehead atoms. The molecule has 0 N–H and O–H groups in total. The lowest BCUT2D eigenvalue weighted by Gasteiger charge is -2.18. The number of rotatable bonds is 5. The molecule has 32 heavy (non-hydrogen) atoms. The first-order chi connectivity index (χ1) is 15.5. The Bertz CT molecular complexity index is 1340. The third-order valence-electron chi connectivity index (χ3n) is 5.69. The fourth-order valence-electron chi connectivity index (χ4n) is 4.09. The Morgan fingerprint density at radius 2 is 1.72 bits per heavy atom. The van der Waals surface area contributed by atoms with Gasteiger partial charge in [0.15, 0.2) is 17.3 Å². The number of amides is 1. The van der Waals surface area contributed by atoms with Gasteiger partial charge in [-0.2, -0.15) is 0 Å². The third kappa shape index (κ3) is 3.03. The fraction of sp³-hybridized carbons (Fsp3) is 0.208. The van der Waals surface area contributed by atoms with E-state index in [1.165, 1.54) is 0 Å². The molecule has 0 unspecified atom stereocenters.